The number of ether oxygens (including phenoxy) is 1. The van der Waals surface area contributed by atoms with Gasteiger partial charge in [-0.2, -0.15) is 0 Å². The van der Waals surface area contributed by atoms with Crippen molar-refractivity contribution in [3.8, 4) is 0 Å². The van der Waals surface area contributed by atoms with Crippen LogP contribution in [0, 0.1) is 0 Å². The second kappa shape index (κ2) is 9.29. The first kappa shape index (κ1) is 21.9. The minimum Gasteiger partial charge on any atom is -0.458 e. The highest BCUT2D eigenvalue weighted by atomic mass is 16.6. The lowest BCUT2D eigenvalue weighted by Crippen LogP contribution is -2.54. The third-order valence-electron chi connectivity index (χ3n) is 3.62. The van der Waals surface area contributed by atoms with Crippen LogP contribution in [0.4, 0.5) is 0 Å². The molecule has 136 valence electrons. The van der Waals surface area contributed by atoms with Crippen molar-refractivity contribution < 1.29 is 14.3 Å². The zero-order valence-corrected chi connectivity index (χ0v) is 16.5. The van der Waals surface area contributed by atoms with Crippen LogP contribution in [0.25, 0.3) is 0 Å². The van der Waals surface area contributed by atoms with E-state index < -0.39 is 17.2 Å². The summed E-state index contributed by atoms with van der Waals surface area (Å²) >= 11 is 0. The minimum atomic E-state index is -0.572. The van der Waals surface area contributed by atoms with Crippen molar-refractivity contribution >= 4 is 11.9 Å². The first-order chi connectivity index (χ1) is 10.4. The van der Waals surface area contributed by atoms with Crippen LogP contribution < -0.4 is 0 Å². The Hall–Kier alpha value is -1.06. The van der Waals surface area contributed by atoms with E-state index in [0.29, 0.717) is 6.42 Å². The third kappa shape index (κ3) is 8.97. The van der Waals surface area contributed by atoms with Crippen LogP contribution in [0.15, 0.2) is 0 Å². The van der Waals surface area contributed by atoms with Crippen LogP contribution in [0.1, 0.15) is 93.9 Å². The van der Waals surface area contributed by atoms with E-state index in [1.165, 1.54) is 19.3 Å². The fourth-order valence-corrected chi connectivity index (χ4v) is 2.66. The quantitative estimate of drug-likeness (QED) is 0.479. The van der Waals surface area contributed by atoms with Gasteiger partial charge in [-0.05, 0) is 54.9 Å². The van der Waals surface area contributed by atoms with Crippen molar-refractivity contribution in [1.82, 2.24) is 4.90 Å². The molecule has 0 fully saturated rings. The maximum absolute atomic E-state index is 12.7. The summed E-state index contributed by atoms with van der Waals surface area (Å²) < 4.78 is 5.45. The molecule has 0 aromatic rings. The predicted molar refractivity (Wildman–Crippen MR) is 95.3 cm³/mol. The standard InChI is InChI=1S/C19H37NO3/c1-9-10-11-12-13-14-16(21)20(18(3,4)5)15(2)17(22)23-19(6,7)8/h15H,9-14H2,1-8H3. The average Bonchev–Trinajstić information content (AvgIpc) is 2.34. The Balaban J connectivity index is 4.81. The highest BCUT2D eigenvalue weighted by molar-refractivity contribution is 5.85. The van der Waals surface area contributed by atoms with Crippen molar-refractivity contribution in [3.63, 3.8) is 0 Å². The number of amides is 1. The van der Waals surface area contributed by atoms with Crippen LogP contribution in [0.2, 0.25) is 0 Å². The molecule has 0 radical (unpaired) electrons. The number of unbranched alkanes of at least 4 members (excludes halogenated alkanes) is 4. The van der Waals surface area contributed by atoms with Crippen molar-refractivity contribution in [2.75, 3.05) is 0 Å². The Labute approximate surface area is 143 Å². The van der Waals surface area contributed by atoms with E-state index in [1.807, 2.05) is 41.5 Å². The Bertz CT molecular complexity index is 377. The van der Waals surface area contributed by atoms with E-state index in [0.717, 1.165) is 12.8 Å². The van der Waals surface area contributed by atoms with Crippen LogP contribution in [0.5, 0.6) is 0 Å². The molecule has 0 aliphatic heterocycles. The summed E-state index contributed by atoms with van der Waals surface area (Å²) in [5.74, 6) is -0.306. The van der Waals surface area contributed by atoms with Crippen LogP contribution >= 0.6 is 0 Å². The summed E-state index contributed by atoms with van der Waals surface area (Å²) in [7, 11) is 0. The van der Waals surface area contributed by atoms with Crippen LogP contribution in [0.3, 0.4) is 0 Å². The highest BCUT2D eigenvalue weighted by Gasteiger charge is 2.36. The molecule has 1 unspecified atom stereocenters. The maximum Gasteiger partial charge on any atom is 0.329 e. The van der Waals surface area contributed by atoms with E-state index in [9.17, 15) is 9.59 Å². The number of carbonyl (C=O) groups excluding carboxylic acids is 2. The first-order valence-electron chi connectivity index (χ1n) is 8.95. The van der Waals surface area contributed by atoms with Gasteiger partial charge in [0.25, 0.3) is 0 Å². The Kier molecular flexibility index (Phi) is 8.86. The molecule has 0 spiro atoms. The molecule has 1 atom stereocenters. The molecule has 0 aliphatic carbocycles. The summed E-state index contributed by atoms with van der Waals surface area (Å²) in [4.78, 5) is 26.7. The second-order valence-electron chi connectivity index (χ2n) is 8.31. The van der Waals surface area contributed by atoms with E-state index >= 15 is 0 Å². The normalized spacial score (nSPS) is 13.6. The lowest BCUT2D eigenvalue weighted by atomic mass is 10.0. The average molecular weight is 328 g/mol. The summed E-state index contributed by atoms with van der Waals surface area (Å²) in [5, 5.41) is 0. The summed E-state index contributed by atoms with van der Waals surface area (Å²) in [5.41, 5.74) is -0.949. The van der Waals surface area contributed by atoms with E-state index in [-0.39, 0.29) is 11.9 Å². The second-order valence-corrected chi connectivity index (χ2v) is 8.31. The largest absolute Gasteiger partial charge is 0.458 e. The maximum atomic E-state index is 12.7. The molecule has 0 aliphatic rings. The van der Waals surface area contributed by atoms with Crippen LogP contribution in [-0.2, 0) is 14.3 Å². The van der Waals surface area contributed by atoms with Gasteiger partial charge in [-0.25, -0.2) is 4.79 Å². The fourth-order valence-electron chi connectivity index (χ4n) is 2.66. The van der Waals surface area contributed by atoms with Crippen LogP contribution in [-0.4, -0.2) is 34.0 Å². The minimum absolute atomic E-state index is 0.0346. The Morgan fingerprint density at radius 2 is 1.48 bits per heavy atom. The van der Waals surface area contributed by atoms with Gasteiger partial charge in [0, 0.05) is 12.0 Å². The molecule has 4 heteroatoms. The molecule has 4 nitrogen and oxygen atoms in total. The van der Waals surface area contributed by atoms with Gasteiger partial charge in [-0.1, -0.05) is 32.6 Å². The molecule has 0 heterocycles. The van der Waals surface area contributed by atoms with Gasteiger partial charge in [-0.3, -0.25) is 4.79 Å². The molecule has 0 aromatic carbocycles. The molecule has 0 saturated heterocycles. The molecule has 23 heavy (non-hydrogen) atoms. The van der Waals surface area contributed by atoms with Crippen molar-refractivity contribution in [1.29, 1.82) is 0 Å². The van der Waals surface area contributed by atoms with Gasteiger partial charge in [0.1, 0.15) is 11.6 Å². The van der Waals surface area contributed by atoms with E-state index in [4.69, 9.17) is 4.74 Å². The SMILES string of the molecule is CCCCCCCC(=O)N(C(C)C(=O)OC(C)(C)C)C(C)(C)C. The molecule has 0 aromatic heterocycles. The fraction of sp³-hybridized carbons (Fsp3) is 0.895. The molecular weight excluding hydrogens is 290 g/mol. The number of nitrogens with zero attached hydrogens (tertiary/aromatic N) is 1. The summed E-state index contributed by atoms with van der Waals surface area (Å²) in [6, 6.07) is -0.572. The molecule has 0 N–H and O–H groups in total. The zero-order valence-electron chi connectivity index (χ0n) is 16.5. The van der Waals surface area contributed by atoms with Gasteiger partial charge in [0.2, 0.25) is 5.91 Å². The lowest BCUT2D eigenvalue weighted by molar-refractivity contribution is -0.167. The van der Waals surface area contributed by atoms with E-state index in [1.54, 1.807) is 11.8 Å². The van der Waals surface area contributed by atoms with Crippen molar-refractivity contribution in [2.45, 2.75) is 111 Å². The number of carbonyl (C=O) groups is 2. The van der Waals surface area contributed by atoms with Gasteiger partial charge >= 0.3 is 5.97 Å². The number of hydrogen-bond donors (Lipinski definition) is 0. The Morgan fingerprint density at radius 1 is 0.957 bits per heavy atom. The predicted octanol–water partition coefficient (Wildman–Crippen LogP) is 4.70. The topological polar surface area (TPSA) is 46.6 Å². The van der Waals surface area contributed by atoms with Gasteiger partial charge in [-0.15, -0.1) is 0 Å². The molecule has 0 saturated carbocycles. The highest BCUT2D eigenvalue weighted by Crippen LogP contribution is 2.22. The van der Waals surface area contributed by atoms with Gasteiger partial charge in [0.05, 0.1) is 0 Å². The Morgan fingerprint density at radius 3 is 1.91 bits per heavy atom. The number of esters is 1. The third-order valence-corrected chi connectivity index (χ3v) is 3.62. The number of rotatable bonds is 8. The molecule has 0 rings (SSSR count). The lowest BCUT2D eigenvalue weighted by Gasteiger charge is -2.40. The molecule has 0 bridgehead atoms. The van der Waals surface area contributed by atoms with Crippen molar-refractivity contribution in [2.24, 2.45) is 0 Å². The monoisotopic (exact) mass is 327 g/mol. The van der Waals surface area contributed by atoms with Gasteiger partial charge in [0.15, 0.2) is 0 Å². The van der Waals surface area contributed by atoms with Crippen molar-refractivity contribution in [3.05, 3.63) is 0 Å². The zero-order chi connectivity index (χ0) is 18.3. The summed E-state index contributed by atoms with van der Waals surface area (Å²) in [6.45, 7) is 15.3. The number of hydrogen-bond acceptors (Lipinski definition) is 3. The molecule has 1 amide bonds. The first-order valence-corrected chi connectivity index (χ1v) is 8.95. The summed E-state index contributed by atoms with van der Waals surface area (Å²) in [6.07, 6.45) is 6.02. The smallest absolute Gasteiger partial charge is 0.329 e. The van der Waals surface area contributed by atoms with Gasteiger partial charge < -0.3 is 9.64 Å². The van der Waals surface area contributed by atoms with E-state index in [2.05, 4.69) is 6.92 Å². The molecular formula is C19H37NO3.